The maximum Gasteiger partial charge on any atom is 0.416 e. The molecule has 5 nitrogen and oxygen atoms in total. The van der Waals surface area contributed by atoms with E-state index < -0.39 is 44.1 Å². The summed E-state index contributed by atoms with van der Waals surface area (Å²) < 4.78 is 109. The van der Waals surface area contributed by atoms with Crippen molar-refractivity contribution in [3.05, 3.63) is 102 Å². The second-order valence-corrected chi connectivity index (χ2v) is 9.44. The highest BCUT2D eigenvalue weighted by atomic mass is 32.2. The van der Waals surface area contributed by atoms with Crippen molar-refractivity contribution in [2.45, 2.75) is 23.8 Å². The van der Waals surface area contributed by atoms with Crippen molar-refractivity contribution in [3.8, 4) is 11.3 Å². The minimum Gasteiger partial charge on any atom is -0.279 e. The molecule has 0 fully saturated rings. The molecule has 0 aliphatic carbocycles. The van der Waals surface area contributed by atoms with Crippen molar-refractivity contribution < 1.29 is 34.8 Å². The molecule has 0 atom stereocenters. The lowest BCUT2D eigenvalue weighted by atomic mass is 10.1. The number of hydrogen-bond acceptors (Lipinski definition) is 3. The first-order valence-electron chi connectivity index (χ1n) is 10.3. The molecule has 0 radical (unpaired) electrons. The van der Waals surface area contributed by atoms with Gasteiger partial charge in [-0.25, -0.2) is 8.42 Å². The van der Waals surface area contributed by atoms with Crippen LogP contribution in [0.2, 0.25) is 0 Å². The van der Waals surface area contributed by atoms with Crippen LogP contribution in [0.3, 0.4) is 0 Å². The van der Waals surface area contributed by atoms with Crippen LogP contribution < -0.4 is 4.72 Å². The lowest BCUT2D eigenvalue weighted by molar-refractivity contribution is -0.143. The Bertz CT molecular complexity index is 1430. The molecular weight excluding hydrogens is 508 g/mol. The Morgan fingerprint density at radius 3 is 1.83 bits per heavy atom. The molecule has 0 saturated carbocycles. The van der Waals surface area contributed by atoms with Gasteiger partial charge in [0.25, 0.3) is 10.0 Å². The molecular formula is C24H17F6N3O2S. The Morgan fingerprint density at radius 1 is 0.778 bits per heavy atom. The topological polar surface area (TPSA) is 64.0 Å². The Hall–Kier alpha value is -3.80. The summed E-state index contributed by atoms with van der Waals surface area (Å²) in [5, 5.41) is 4.33. The number of nitrogens with one attached hydrogen (secondary N) is 1. The molecule has 0 aliphatic heterocycles. The van der Waals surface area contributed by atoms with Gasteiger partial charge in [0.2, 0.25) is 0 Å². The monoisotopic (exact) mass is 525 g/mol. The van der Waals surface area contributed by atoms with Crippen LogP contribution in [-0.4, -0.2) is 18.2 Å². The number of benzene rings is 3. The lowest BCUT2D eigenvalue weighted by Crippen LogP contribution is -2.16. The molecule has 1 N–H and O–H groups in total. The fourth-order valence-corrected chi connectivity index (χ4v) is 4.68. The predicted octanol–water partition coefficient (Wildman–Crippen LogP) is 6.44. The number of alkyl halides is 6. The van der Waals surface area contributed by atoms with Gasteiger partial charge in [-0.2, -0.15) is 31.4 Å². The van der Waals surface area contributed by atoms with E-state index in [9.17, 15) is 34.8 Å². The first kappa shape index (κ1) is 25.3. The average Bonchev–Trinajstić information content (AvgIpc) is 3.23. The zero-order chi connectivity index (χ0) is 26.1. The van der Waals surface area contributed by atoms with Crippen LogP contribution in [0, 0.1) is 0 Å². The number of hydrogen-bond donors (Lipinski definition) is 1. The van der Waals surface area contributed by atoms with Crippen molar-refractivity contribution in [2.24, 2.45) is 0 Å². The van der Waals surface area contributed by atoms with Gasteiger partial charge in [-0.1, -0.05) is 60.7 Å². The fraction of sp³-hybridized carbons (Fsp3) is 0.125. The van der Waals surface area contributed by atoms with Crippen LogP contribution in [0.4, 0.5) is 32.0 Å². The second-order valence-electron chi connectivity index (χ2n) is 7.79. The van der Waals surface area contributed by atoms with Gasteiger partial charge in [-0.15, -0.1) is 0 Å². The van der Waals surface area contributed by atoms with Crippen molar-refractivity contribution in [1.82, 2.24) is 9.78 Å². The number of aromatic nitrogens is 2. The summed E-state index contributed by atoms with van der Waals surface area (Å²) in [6, 6.07) is 17.6. The van der Waals surface area contributed by atoms with Crippen molar-refractivity contribution >= 4 is 15.7 Å². The summed E-state index contributed by atoms with van der Waals surface area (Å²) >= 11 is 0. The SMILES string of the molecule is O=S(=O)(Nc1cc(C(F)(F)F)cc(C(F)(F)F)c1)c1cn(Cc2ccccc2)nc1-c1ccccc1. The van der Waals surface area contributed by atoms with Gasteiger partial charge in [0, 0.05) is 11.8 Å². The Morgan fingerprint density at radius 2 is 1.31 bits per heavy atom. The van der Waals surface area contributed by atoms with Gasteiger partial charge in [-0.05, 0) is 23.8 Å². The van der Waals surface area contributed by atoms with E-state index in [0.717, 1.165) is 5.56 Å². The number of halogens is 6. The largest absolute Gasteiger partial charge is 0.416 e. The van der Waals surface area contributed by atoms with Crippen LogP contribution in [0.1, 0.15) is 16.7 Å². The number of sulfonamides is 1. The first-order valence-corrected chi connectivity index (χ1v) is 11.8. The van der Waals surface area contributed by atoms with E-state index in [1.807, 2.05) is 4.72 Å². The third kappa shape index (κ3) is 5.70. The van der Waals surface area contributed by atoms with E-state index >= 15 is 0 Å². The smallest absolute Gasteiger partial charge is 0.279 e. The molecule has 0 aliphatic rings. The maximum absolute atomic E-state index is 13.3. The summed E-state index contributed by atoms with van der Waals surface area (Å²) in [4.78, 5) is -0.407. The molecule has 4 rings (SSSR count). The molecule has 0 saturated heterocycles. The predicted molar refractivity (Wildman–Crippen MR) is 120 cm³/mol. The van der Waals surface area contributed by atoms with Gasteiger partial charge < -0.3 is 0 Å². The molecule has 12 heteroatoms. The molecule has 0 unspecified atom stereocenters. The van der Waals surface area contributed by atoms with Crippen LogP contribution in [0.15, 0.2) is 90.0 Å². The molecule has 4 aromatic rings. The van der Waals surface area contributed by atoms with Crippen molar-refractivity contribution in [2.75, 3.05) is 4.72 Å². The van der Waals surface area contributed by atoms with E-state index in [4.69, 9.17) is 0 Å². The van der Waals surface area contributed by atoms with Crippen molar-refractivity contribution in [3.63, 3.8) is 0 Å². The first-order chi connectivity index (χ1) is 16.8. The van der Waals surface area contributed by atoms with Gasteiger partial charge in [0.05, 0.1) is 23.4 Å². The fourth-order valence-electron chi connectivity index (χ4n) is 3.47. The normalized spacial score (nSPS) is 12.5. The standard InChI is InChI=1S/C24H17F6N3O2S/c25-23(26,27)18-11-19(24(28,29)30)13-20(12-18)32-36(34,35)21-15-33(14-16-7-3-1-4-8-16)31-22(21)17-9-5-2-6-10-17/h1-13,15,32H,14H2. The van der Waals surface area contributed by atoms with Crippen molar-refractivity contribution in [1.29, 1.82) is 0 Å². The highest BCUT2D eigenvalue weighted by molar-refractivity contribution is 7.92. The molecule has 188 valence electrons. The number of nitrogens with zero attached hydrogens (tertiary/aromatic N) is 2. The Balaban J connectivity index is 1.79. The molecule has 3 aromatic carbocycles. The molecule has 1 heterocycles. The van der Waals surface area contributed by atoms with Gasteiger partial charge in [0.15, 0.2) is 0 Å². The zero-order valence-electron chi connectivity index (χ0n) is 18.2. The Kier molecular flexibility index (Phi) is 6.56. The van der Waals surface area contributed by atoms with E-state index in [2.05, 4.69) is 5.10 Å². The summed E-state index contributed by atoms with van der Waals surface area (Å²) in [6.45, 7) is 0.179. The summed E-state index contributed by atoms with van der Waals surface area (Å²) in [5.74, 6) is 0. The third-order valence-corrected chi connectivity index (χ3v) is 6.47. The van der Waals surface area contributed by atoms with Crippen LogP contribution in [-0.2, 0) is 28.9 Å². The van der Waals surface area contributed by atoms with E-state index in [0.29, 0.717) is 17.7 Å². The highest BCUT2D eigenvalue weighted by Crippen LogP contribution is 2.38. The van der Waals surface area contributed by atoms with E-state index in [-0.39, 0.29) is 18.3 Å². The van der Waals surface area contributed by atoms with Crippen LogP contribution in [0.25, 0.3) is 11.3 Å². The molecule has 0 amide bonds. The van der Waals surface area contributed by atoms with Crippen LogP contribution in [0.5, 0.6) is 0 Å². The second kappa shape index (κ2) is 9.34. The highest BCUT2D eigenvalue weighted by Gasteiger charge is 2.37. The summed E-state index contributed by atoms with van der Waals surface area (Å²) in [7, 11) is -4.66. The number of anilines is 1. The quantitative estimate of drug-likeness (QED) is 0.295. The lowest BCUT2D eigenvalue weighted by Gasteiger charge is -2.15. The minimum absolute atomic E-state index is 0.0120. The zero-order valence-corrected chi connectivity index (χ0v) is 19.0. The van der Waals surface area contributed by atoms with Crippen LogP contribution >= 0.6 is 0 Å². The van der Waals surface area contributed by atoms with E-state index in [1.165, 1.54) is 10.9 Å². The average molecular weight is 525 g/mol. The summed E-state index contributed by atoms with van der Waals surface area (Å²) in [6.07, 6.45) is -9.08. The van der Waals surface area contributed by atoms with E-state index in [1.54, 1.807) is 60.7 Å². The third-order valence-electron chi connectivity index (χ3n) is 5.09. The molecule has 0 bridgehead atoms. The molecule has 0 spiro atoms. The van der Waals surface area contributed by atoms with Gasteiger partial charge in [-0.3, -0.25) is 9.40 Å². The van der Waals surface area contributed by atoms with Gasteiger partial charge in [0.1, 0.15) is 10.6 Å². The Labute approximate surface area is 202 Å². The minimum atomic E-state index is -5.13. The maximum atomic E-state index is 13.3. The summed E-state index contributed by atoms with van der Waals surface area (Å²) in [5.41, 5.74) is -2.99. The van der Waals surface area contributed by atoms with Gasteiger partial charge >= 0.3 is 12.4 Å². The number of rotatable bonds is 6. The molecule has 36 heavy (non-hydrogen) atoms. The molecule has 1 aromatic heterocycles.